The standard InChI is InChI=1S/C20H19FINO2/c1-4-13(2)25-20-18(22)10-14(11-19(20)24-3)9-15(12-23)16-7-5-6-8-17(16)21/h5-11,13H,4H2,1-3H3/b15-9-/t13-/m1/s1. The summed E-state index contributed by atoms with van der Waals surface area (Å²) < 4.78 is 26.2. The van der Waals surface area contributed by atoms with Gasteiger partial charge in [-0.15, -0.1) is 0 Å². The number of hydrogen-bond acceptors (Lipinski definition) is 3. The van der Waals surface area contributed by atoms with Crippen LogP contribution in [0.25, 0.3) is 11.6 Å². The SMILES string of the molecule is CC[C@@H](C)Oc1c(I)cc(/C=C(/C#N)c2ccccc2F)cc1OC. The Morgan fingerprint density at radius 3 is 2.68 bits per heavy atom. The Bertz CT molecular complexity index is 827. The highest BCUT2D eigenvalue weighted by atomic mass is 127. The van der Waals surface area contributed by atoms with Crippen molar-refractivity contribution in [3.05, 3.63) is 56.9 Å². The summed E-state index contributed by atoms with van der Waals surface area (Å²) in [5.41, 5.74) is 1.28. The van der Waals surface area contributed by atoms with Crippen LogP contribution in [0.2, 0.25) is 0 Å². The first-order valence-corrected chi connectivity index (χ1v) is 8.98. The molecule has 1 atom stereocenters. The fourth-order valence-corrected chi connectivity index (χ4v) is 2.99. The lowest BCUT2D eigenvalue weighted by atomic mass is 10.0. The van der Waals surface area contributed by atoms with Gasteiger partial charge in [-0.3, -0.25) is 0 Å². The molecule has 2 rings (SSSR count). The van der Waals surface area contributed by atoms with Crippen molar-refractivity contribution in [3.63, 3.8) is 0 Å². The minimum Gasteiger partial charge on any atom is -0.493 e. The number of rotatable bonds is 6. The molecule has 0 aliphatic heterocycles. The van der Waals surface area contributed by atoms with Gasteiger partial charge in [0.05, 0.1) is 28.4 Å². The molecule has 2 aromatic carbocycles. The molecule has 5 heteroatoms. The highest BCUT2D eigenvalue weighted by Gasteiger charge is 2.14. The molecular weight excluding hydrogens is 432 g/mol. The van der Waals surface area contributed by atoms with Crippen LogP contribution in [0.5, 0.6) is 11.5 Å². The summed E-state index contributed by atoms with van der Waals surface area (Å²) in [7, 11) is 1.57. The molecule has 25 heavy (non-hydrogen) atoms. The second-order valence-corrected chi connectivity index (χ2v) is 6.68. The van der Waals surface area contributed by atoms with Crippen LogP contribution in [0.4, 0.5) is 4.39 Å². The molecule has 0 heterocycles. The van der Waals surface area contributed by atoms with E-state index in [2.05, 4.69) is 35.6 Å². The van der Waals surface area contributed by atoms with Gasteiger partial charge in [0.1, 0.15) is 5.82 Å². The van der Waals surface area contributed by atoms with Crippen molar-refractivity contribution in [1.29, 1.82) is 5.26 Å². The summed E-state index contributed by atoms with van der Waals surface area (Å²) in [5.74, 6) is 0.844. The molecule has 0 aliphatic carbocycles. The van der Waals surface area contributed by atoms with Crippen LogP contribution in [0.15, 0.2) is 36.4 Å². The Hall–Kier alpha value is -2.07. The van der Waals surface area contributed by atoms with Gasteiger partial charge in [-0.05, 0) is 65.8 Å². The zero-order valence-corrected chi connectivity index (χ0v) is 16.5. The van der Waals surface area contributed by atoms with Crippen molar-refractivity contribution in [2.75, 3.05) is 7.11 Å². The summed E-state index contributed by atoms with van der Waals surface area (Å²) in [6.45, 7) is 4.05. The van der Waals surface area contributed by atoms with Crippen LogP contribution < -0.4 is 9.47 Å². The second-order valence-electron chi connectivity index (χ2n) is 5.52. The molecule has 0 radical (unpaired) electrons. The minimum atomic E-state index is -0.423. The molecule has 0 fully saturated rings. The number of ether oxygens (including phenoxy) is 2. The van der Waals surface area contributed by atoms with Crippen molar-refractivity contribution < 1.29 is 13.9 Å². The van der Waals surface area contributed by atoms with E-state index in [0.717, 1.165) is 15.6 Å². The number of benzene rings is 2. The summed E-state index contributed by atoms with van der Waals surface area (Å²) in [5, 5.41) is 9.42. The van der Waals surface area contributed by atoms with E-state index in [1.807, 2.05) is 13.0 Å². The maximum Gasteiger partial charge on any atom is 0.174 e. The van der Waals surface area contributed by atoms with Gasteiger partial charge in [0.2, 0.25) is 0 Å². The molecule has 0 saturated carbocycles. The Morgan fingerprint density at radius 1 is 1.36 bits per heavy atom. The zero-order chi connectivity index (χ0) is 18.4. The number of halogens is 2. The van der Waals surface area contributed by atoms with Crippen LogP contribution in [-0.2, 0) is 0 Å². The molecule has 0 saturated heterocycles. The quantitative estimate of drug-likeness (QED) is 0.323. The fourth-order valence-electron chi connectivity index (χ4n) is 2.24. The maximum absolute atomic E-state index is 14.0. The van der Waals surface area contributed by atoms with Crippen molar-refractivity contribution in [2.24, 2.45) is 0 Å². The monoisotopic (exact) mass is 451 g/mol. The molecule has 0 unspecified atom stereocenters. The molecule has 2 aromatic rings. The van der Waals surface area contributed by atoms with Gasteiger partial charge in [0.25, 0.3) is 0 Å². The third-order valence-electron chi connectivity index (χ3n) is 3.74. The minimum absolute atomic E-state index is 0.0666. The van der Waals surface area contributed by atoms with Crippen LogP contribution in [-0.4, -0.2) is 13.2 Å². The average Bonchev–Trinajstić information content (AvgIpc) is 2.62. The Kier molecular flexibility index (Phi) is 6.82. The molecule has 0 bridgehead atoms. The van der Waals surface area contributed by atoms with E-state index in [1.54, 1.807) is 37.5 Å². The summed E-state index contributed by atoms with van der Waals surface area (Å²) in [6, 6.07) is 12.0. The summed E-state index contributed by atoms with van der Waals surface area (Å²) >= 11 is 2.17. The largest absolute Gasteiger partial charge is 0.493 e. The van der Waals surface area contributed by atoms with Gasteiger partial charge < -0.3 is 9.47 Å². The molecule has 0 amide bonds. The van der Waals surface area contributed by atoms with E-state index in [4.69, 9.17) is 9.47 Å². The second kappa shape index (κ2) is 8.86. The highest BCUT2D eigenvalue weighted by Crippen LogP contribution is 2.36. The predicted molar refractivity (Wildman–Crippen MR) is 106 cm³/mol. The summed E-state index contributed by atoms with van der Waals surface area (Å²) in [6.07, 6.45) is 2.60. The van der Waals surface area contributed by atoms with E-state index in [0.29, 0.717) is 11.5 Å². The first kappa shape index (κ1) is 19.3. The Balaban J connectivity index is 2.48. The molecule has 3 nitrogen and oxygen atoms in total. The van der Waals surface area contributed by atoms with Crippen molar-refractivity contribution in [3.8, 4) is 17.6 Å². The predicted octanol–water partition coefficient (Wildman–Crippen LogP) is 5.68. The van der Waals surface area contributed by atoms with Gasteiger partial charge in [-0.25, -0.2) is 4.39 Å². The van der Waals surface area contributed by atoms with Gasteiger partial charge in [-0.1, -0.05) is 25.1 Å². The normalized spacial score (nSPS) is 12.4. The molecule has 0 N–H and O–H groups in total. The lowest BCUT2D eigenvalue weighted by molar-refractivity contribution is 0.206. The van der Waals surface area contributed by atoms with Crippen LogP contribution in [0, 0.1) is 20.7 Å². The maximum atomic E-state index is 14.0. The highest BCUT2D eigenvalue weighted by molar-refractivity contribution is 14.1. The van der Waals surface area contributed by atoms with Gasteiger partial charge in [0, 0.05) is 5.56 Å². The Labute approximate surface area is 161 Å². The Morgan fingerprint density at radius 2 is 2.08 bits per heavy atom. The lowest BCUT2D eigenvalue weighted by Gasteiger charge is -2.17. The van der Waals surface area contributed by atoms with Crippen LogP contribution >= 0.6 is 22.6 Å². The molecule has 0 aliphatic rings. The average molecular weight is 451 g/mol. The number of hydrogen-bond donors (Lipinski definition) is 0. The molecular formula is C20H19FINO2. The van der Waals surface area contributed by atoms with E-state index >= 15 is 0 Å². The molecule has 0 aromatic heterocycles. The molecule has 130 valence electrons. The first-order chi connectivity index (χ1) is 12.0. The van der Waals surface area contributed by atoms with Gasteiger partial charge in [0.15, 0.2) is 11.5 Å². The van der Waals surface area contributed by atoms with E-state index in [9.17, 15) is 9.65 Å². The van der Waals surface area contributed by atoms with Crippen LogP contribution in [0.1, 0.15) is 31.4 Å². The summed E-state index contributed by atoms with van der Waals surface area (Å²) in [4.78, 5) is 0. The number of nitriles is 1. The van der Waals surface area contributed by atoms with E-state index in [1.165, 1.54) is 6.07 Å². The zero-order valence-electron chi connectivity index (χ0n) is 14.3. The smallest absolute Gasteiger partial charge is 0.174 e. The van der Waals surface area contributed by atoms with Crippen molar-refractivity contribution in [2.45, 2.75) is 26.4 Å². The van der Waals surface area contributed by atoms with Gasteiger partial charge >= 0.3 is 0 Å². The number of allylic oxidation sites excluding steroid dienone is 1. The first-order valence-electron chi connectivity index (χ1n) is 7.91. The third kappa shape index (κ3) is 4.73. The fraction of sp³-hybridized carbons (Fsp3) is 0.250. The lowest BCUT2D eigenvalue weighted by Crippen LogP contribution is -2.11. The third-order valence-corrected chi connectivity index (χ3v) is 4.54. The van der Waals surface area contributed by atoms with E-state index < -0.39 is 5.82 Å². The van der Waals surface area contributed by atoms with Crippen LogP contribution in [0.3, 0.4) is 0 Å². The van der Waals surface area contributed by atoms with Gasteiger partial charge in [-0.2, -0.15) is 5.26 Å². The van der Waals surface area contributed by atoms with E-state index in [-0.39, 0.29) is 17.2 Å². The number of methoxy groups -OCH3 is 1. The van der Waals surface area contributed by atoms with Crippen molar-refractivity contribution in [1.82, 2.24) is 0 Å². The number of nitrogens with zero attached hydrogens (tertiary/aromatic N) is 1. The topological polar surface area (TPSA) is 42.2 Å². The molecule has 0 spiro atoms. The van der Waals surface area contributed by atoms with Crippen molar-refractivity contribution >= 4 is 34.2 Å².